The Labute approximate surface area is 300 Å². The van der Waals surface area contributed by atoms with E-state index in [9.17, 15) is 4.79 Å². The molecule has 3 aromatic carbocycles. The molecule has 4 heterocycles. The van der Waals surface area contributed by atoms with Crippen LogP contribution in [0.3, 0.4) is 0 Å². The molecule has 1 atom stereocenters. The van der Waals surface area contributed by atoms with Crippen LogP contribution >= 0.6 is 23.2 Å². The highest BCUT2D eigenvalue weighted by atomic mass is 35.5. The van der Waals surface area contributed by atoms with Crippen LogP contribution in [0.15, 0.2) is 110 Å². The van der Waals surface area contributed by atoms with E-state index in [1.807, 2.05) is 91.3 Å². The van der Waals surface area contributed by atoms with Crippen molar-refractivity contribution >= 4 is 57.4 Å². The lowest BCUT2D eigenvalue weighted by molar-refractivity contribution is 0.102. The minimum absolute atomic E-state index is 0.00524. The maximum atomic E-state index is 14.5. The second kappa shape index (κ2) is 14.2. The predicted octanol–water partition coefficient (Wildman–Crippen LogP) is 9.62. The van der Waals surface area contributed by atoms with Crippen molar-refractivity contribution in [2.45, 2.75) is 25.8 Å². The number of anilines is 2. The number of nitrogens with zero attached hydrogens (tertiary/aromatic N) is 4. The third-order valence-corrected chi connectivity index (χ3v) is 9.73. The van der Waals surface area contributed by atoms with Gasteiger partial charge in [-0.25, -0.2) is 9.97 Å². The largest absolute Gasteiger partial charge is 0.452 e. The van der Waals surface area contributed by atoms with Crippen LogP contribution in [0.1, 0.15) is 41.9 Å². The van der Waals surface area contributed by atoms with Gasteiger partial charge in [-0.05, 0) is 61.7 Å². The summed E-state index contributed by atoms with van der Waals surface area (Å²) in [6.07, 6.45) is 6.29. The molecule has 1 aliphatic rings. The molecule has 0 radical (unpaired) electrons. The van der Waals surface area contributed by atoms with Gasteiger partial charge in [0, 0.05) is 57.3 Å². The van der Waals surface area contributed by atoms with Crippen molar-refractivity contribution < 1.29 is 9.53 Å². The number of H-pyrrole nitrogens is 1. The van der Waals surface area contributed by atoms with E-state index in [1.54, 1.807) is 6.20 Å². The molecule has 50 heavy (non-hydrogen) atoms. The quantitative estimate of drug-likeness (QED) is 0.0789. The highest BCUT2D eigenvalue weighted by molar-refractivity contribution is 6.31. The molecule has 9 nitrogen and oxygen atoms in total. The molecule has 1 aliphatic heterocycles. The fraction of sp³-hybridized carbons (Fsp3) is 0.179. The van der Waals surface area contributed by atoms with Crippen molar-refractivity contribution in [3.8, 4) is 22.5 Å². The Balaban J connectivity index is 1.32. The van der Waals surface area contributed by atoms with Gasteiger partial charge in [-0.15, -0.1) is 0 Å². The smallest absolute Gasteiger partial charge is 0.272 e. The summed E-state index contributed by atoms with van der Waals surface area (Å²) < 4.78 is 7.35. The van der Waals surface area contributed by atoms with Gasteiger partial charge in [0.25, 0.3) is 5.91 Å². The molecule has 3 N–H and O–H groups in total. The zero-order chi connectivity index (χ0) is 34.8. The first-order valence-corrected chi connectivity index (χ1v) is 17.1. The van der Waals surface area contributed by atoms with Gasteiger partial charge in [0.15, 0.2) is 11.7 Å². The molecule has 0 bridgehead atoms. The molecule has 6 aromatic rings. The van der Waals surface area contributed by atoms with Crippen LogP contribution in [0.25, 0.3) is 33.4 Å². The summed E-state index contributed by atoms with van der Waals surface area (Å²) in [5.41, 5.74) is 5.87. The SMILES string of the molecule is C=COC(=N)C1CCN(c2ncccc2NC(=O)c2[nH]c3cc(Cl)ccc3c2-c2c(-c3ccccc3)ncn2C(C)c2ccc(Cl)cc2)CC1. The van der Waals surface area contributed by atoms with E-state index < -0.39 is 0 Å². The Morgan fingerprint density at radius 2 is 1.76 bits per heavy atom. The van der Waals surface area contributed by atoms with Gasteiger partial charge in [-0.2, -0.15) is 0 Å². The van der Waals surface area contributed by atoms with E-state index in [-0.39, 0.29) is 23.8 Å². The fourth-order valence-electron chi connectivity index (χ4n) is 6.67. The van der Waals surface area contributed by atoms with Crippen LogP contribution in [-0.4, -0.2) is 44.4 Å². The van der Waals surface area contributed by atoms with Crippen molar-refractivity contribution in [1.29, 1.82) is 5.41 Å². The summed E-state index contributed by atoms with van der Waals surface area (Å²) in [5.74, 6) is 0.567. The second-order valence-electron chi connectivity index (χ2n) is 12.2. The van der Waals surface area contributed by atoms with E-state index in [2.05, 4.69) is 38.3 Å². The zero-order valence-electron chi connectivity index (χ0n) is 27.4. The van der Waals surface area contributed by atoms with E-state index in [4.69, 9.17) is 38.3 Å². The summed E-state index contributed by atoms with van der Waals surface area (Å²) in [4.78, 5) is 29.7. The third-order valence-electron chi connectivity index (χ3n) is 9.25. The summed E-state index contributed by atoms with van der Waals surface area (Å²) in [7, 11) is 0. The number of carbonyl (C=O) groups is 1. The first-order chi connectivity index (χ1) is 24.3. The number of fused-ring (bicyclic) bond motifs is 1. The minimum atomic E-state index is -0.330. The number of aromatic amines is 1. The molecule has 0 aliphatic carbocycles. The number of carbonyl (C=O) groups excluding carboxylic acids is 1. The third kappa shape index (κ3) is 6.49. The maximum Gasteiger partial charge on any atom is 0.272 e. The van der Waals surface area contributed by atoms with Crippen molar-refractivity contribution in [3.63, 3.8) is 0 Å². The van der Waals surface area contributed by atoms with E-state index in [0.717, 1.165) is 46.3 Å². The summed E-state index contributed by atoms with van der Waals surface area (Å²) in [5, 5.41) is 13.4. The number of hydrogen-bond donors (Lipinski definition) is 3. The molecule has 7 rings (SSSR count). The van der Waals surface area contributed by atoms with Crippen LogP contribution in [0.4, 0.5) is 11.5 Å². The molecule has 3 aromatic heterocycles. The number of halogens is 2. The highest BCUT2D eigenvalue weighted by Gasteiger charge is 2.30. The number of imidazole rings is 1. The van der Waals surface area contributed by atoms with Crippen LogP contribution in [-0.2, 0) is 4.74 Å². The van der Waals surface area contributed by atoms with Gasteiger partial charge in [0.1, 0.15) is 5.69 Å². The predicted molar refractivity (Wildman–Crippen MR) is 201 cm³/mol. The lowest BCUT2D eigenvalue weighted by atomic mass is 9.96. The Morgan fingerprint density at radius 1 is 1.02 bits per heavy atom. The number of nitrogens with one attached hydrogen (secondary N) is 3. The second-order valence-corrected chi connectivity index (χ2v) is 13.1. The van der Waals surface area contributed by atoms with Crippen molar-refractivity contribution in [2.24, 2.45) is 5.92 Å². The molecule has 11 heteroatoms. The number of rotatable bonds is 9. The number of ether oxygens (including phenoxy) is 1. The number of aromatic nitrogens is 4. The topological polar surface area (TPSA) is 112 Å². The fourth-order valence-corrected chi connectivity index (χ4v) is 6.97. The lowest BCUT2D eigenvalue weighted by Crippen LogP contribution is -2.37. The number of amides is 1. The molecule has 1 amide bonds. The highest BCUT2D eigenvalue weighted by Crippen LogP contribution is 2.42. The Kier molecular flexibility index (Phi) is 9.43. The minimum Gasteiger partial charge on any atom is -0.452 e. The maximum absolute atomic E-state index is 14.5. The van der Waals surface area contributed by atoms with Crippen molar-refractivity contribution in [2.75, 3.05) is 23.3 Å². The Hall–Kier alpha value is -5.38. The van der Waals surface area contributed by atoms with Crippen LogP contribution < -0.4 is 10.2 Å². The van der Waals surface area contributed by atoms with Gasteiger partial charge in [0.2, 0.25) is 0 Å². The Morgan fingerprint density at radius 3 is 2.50 bits per heavy atom. The first-order valence-electron chi connectivity index (χ1n) is 16.4. The molecule has 0 spiro atoms. The standard InChI is InChI=1S/C39H35Cl2N7O2/c1-3-50-37(42)27-17-20-47(21-18-27)38-31(10-7-19-43-38)46-39(49)35-33(30-16-15-29(41)22-32(30)45-35)36-34(26-8-5-4-6-9-26)44-23-48(36)24(2)25-11-13-28(40)14-12-25/h3-16,19,22-24,27,42,45H,1,17-18,20-21H2,2H3,(H,46,49). The monoisotopic (exact) mass is 703 g/mol. The van der Waals surface area contributed by atoms with Gasteiger partial charge >= 0.3 is 0 Å². The van der Waals surface area contributed by atoms with Gasteiger partial charge in [0.05, 0.1) is 35.7 Å². The van der Waals surface area contributed by atoms with Crippen molar-refractivity contribution in [1.82, 2.24) is 19.5 Å². The van der Waals surface area contributed by atoms with Gasteiger partial charge in [-0.3, -0.25) is 10.2 Å². The lowest BCUT2D eigenvalue weighted by Gasteiger charge is -2.33. The molecule has 1 fully saturated rings. The van der Waals surface area contributed by atoms with Crippen molar-refractivity contribution in [3.05, 3.63) is 132 Å². The zero-order valence-corrected chi connectivity index (χ0v) is 28.9. The first kappa shape index (κ1) is 33.1. The molecule has 1 saturated heterocycles. The average Bonchev–Trinajstić information content (AvgIpc) is 3.74. The Bertz CT molecular complexity index is 2190. The molecule has 252 valence electrons. The average molecular weight is 705 g/mol. The van der Waals surface area contributed by atoms with E-state index >= 15 is 0 Å². The summed E-state index contributed by atoms with van der Waals surface area (Å²) in [6.45, 7) is 6.99. The van der Waals surface area contributed by atoms with Crippen LogP contribution in [0, 0.1) is 11.3 Å². The number of pyridine rings is 1. The molecular formula is C39H35Cl2N7O2. The number of hydrogen-bond acceptors (Lipinski definition) is 6. The molecule has 1 unspecified atom stereocenters. The summed E-state index contributed by atoms with van der Waals surface area (Å²) in [6, 6.07) is 26.8. The molecule has 0 saturated carbocycles. The normalized spacial score (nSPS) is 14.0. The van der Waals surface area contributed by atoms with Crippen LogP contribution in [0.2, 0.25) is 10.0 Å². The summed E-state index contributed by atoms with van der Waals surface area (Å²) >= 11 is 12.7. The van der Waals surface area contributed by atoms with E-state index in [0.29, 0.717) is 45.9 Å². The van der Waals surface area contributed by atoms with Gasteiger partial charge < -0.3 is 24.5 Å². The number of benzene rings is 3. The van der Waals surface area contributed by atoms with Crippen LogP contribution in [0.5, 0.6) is 0 Å². The number of piperidine rings is 1. The molecular weight excluding hydrogens is 669 g/mol. The van der Waals surface area contributed by atoms with Gasteiger partial charge in [-0.1, -0.05) is 78.3 Å². The van der Waals surface area contributed by atoms with E-state index in [1.165, 1.54) is 6.26 Å².